The van der Waals surface area contributed by atoms with Gasteiger partial charge in [-0.2, -0.15) is 0 Å². The second-order valence-corrected chi connectivity index (χ2v) is 6.09. The number of carbonyl (C=O) groups is 1. The number of nitrogens with zero attached hydrogens (tertiary/aromatic N) is 1. The molecule has 3 unspecified atom stereocenters. The van der Waals surface area contributed by atoms with E-state index < -0.39 is 0 Å². The maximum absolute atomic E-state index is 12.5. The van der Waals surface area contributed by atoms with Crippen molar-refractivity contribution in [3.8, 4) is 0 Å². The Morgan fingerprint density at radius 1 is 1.28 bits per heavy atom. The number of amides is 1. The van der Waals surface area contributed by atoms with Crippen molar-refractivity contribution in [2.75, 3.05) is 0 Å². The van der Waals surface area contributed by atoms with Gasteiger partial charge in [-0.05, 0) is 32.1 Å². The maximum Gasteiger partial charge on any atom is 0.241 e. The molecule has 18 heavy (non-hydrogen) atoms. The highest BCUT2D eigenvalue weighted by molar-refractivity contribution is 5.84. The Kier molecular flexibility index (Phi) is 4.66. The molecule has 0 aromatic heterocycles. The van der Waals surface area contributed by atoms with Crippen LogP contribution in [0.2, 0.25) is 0 Å². The van der Waals surface area contributed by atoms with E-state index >= 15 is 0 Å². The summed E-state index contributed by atoms with van der Waals surface area (Å²) in [5, 5.41) is 3.54. The zero-order chi connectivity index (χ0) is 13.1. The third-order valence-electron chi connectivity index (χ3n) is 4.27. The molecular weight excluding hydrogens is 224 g/mol. The predicted octanol–water partition coefficient (Wildman–Crippen LogP) is 2.90. The standard InChI is InChI=1S/C15H28N2O/c1-4-6-13-15(18)17(14(16-13)7-5-2)11(3)10-12-8-9-12/h11-14,16H,4-10H2,1-3H3. The Bertz CT molecular complexity index is 288. The van der Waals surface area contributed by atoms with Crippen molar-refractivity contribution in [1.29, 1.82) is 0 Å². The summed E-state index contributed by atoms with van der Waals surface area (Å²) in [7, 11) is 0. The van der Waals surface area contributed by atoms with Crippen molar-refractivity contribution in [3.05, 3.63) is 0 Å². The van der Waals surface area contributed by atoms with E-state index in [-0.39, 0.29) is 12.2 Å². The predicted molar refractivity (Wildman–Crippen MR) is 74.2 cm³/mol. The highest BCUT2D eigenvalue weighted by Crippen LogP contribution is 2.36. The first-order valence-corrected chi connectivity index (χ1v) is 7.75. The van der Waals surface area contributed by atoms with Crippen molar-refractivity contribution < 1.29 is 4.79 Å². The van der Waals surface area contributed by atoms with E-state index in [0.29, 0.717) is 11.9 Å². The minimum Gasteiger partial charge on any atom is -0.323 e. The summed E-state index contributed by atoms with van der Waals surface area (Å²) in [5.41, 5.74) is 0. The smallest absolute Gasteiger partial charge is 0.241 e. The molecule has 3 heteroatoms. The monoisotopic (exact) mass is 252 g/mol. The van der Waals surface area contributed by atoms with Gasteiger partial charge in [0.05, 0.1) is 12.2 Å². The fraction of sp³-hybridized carbons (Fsp3) is 0.933. The summed E-state index contributed by atoms with van der Waals surface area (Å²) in [6, 6.07) is 0.490. The summed E-state index contributed by atoms with van der Waals surface area (Å²) >= 11 is 0. The number of carbonyl (C=O) groups excluding carboxylic acids is 1. The van der Waals surface area contributed by atoms with Crippen LogP contribution in [0.15, 0.2) is 0 Å². The Balaban J connectivity index is 1.99. The van der Waals surface area contributed by atoms with Gasteiger partial charge in [-0.25, -0.2) is 0 Å². The quantitative estimate of drug-likeness (QED) is 0.755. The Labute approximate surface area is 111 Å². The van der Waals surface area contributed by atoms with Crippen LogP contribution in [0.1, 0.15) is 65.7 Å². The molecule has 1 saturated carbocycles. The van der Waals surface area contributed by atoms with Crippen LogP contribution in [-0.2, 0) is 4.79 Å². The summed E-state index contributed by atoms with van der Waals surface area (Å²) in [6.45, 7) is 6.58. The van der Waals surface area contributed by atoms with Gasteiger partial charge >= 0.3 is 0 Å². The SMILES string of the molecule is CCCC1NC(CCC)N(C(C)CC2CC2)C1=O. The van der Waals surface area contributed by atoms with Crippen LogP contribution in [0.5, 0.6) is 0 Å². The van der Waals surface area contributed by atoms with Gasteiger partial charge < -0.3 is 4.90 Å². The van der Waals surface area contributed by atoms with E-state index in [9.17, 15) is 4.79 Å². The molecule has 1 aliphatic heterocycles. The molecule has 0 aromatic carbocycles. The van der Waals surface area contributed by atoms with Crippen molar-refractivity contribution >= 4 is 5.91 Å². The normalized spacial score (nSPS) is 29.9. The molecule has 0 radical (unpaired) electrons. The van der Waals surface area contributed by atoms with Gasteiger partial charge in [-0.15, -0.1) is 0 Å². The number of rotatable bonds is 7. The van der Waals surface area contributed by atoms with E-state index in [1.165, 1.54) is 19.3 Å². The molecule has 1 saturated heterocycles. The van der Waals surface area contributed by atoms with Crippen LogP contribution in [0.3, 0.4) is 0 Å². The molecule has 1 N–H and O–H groups in total. The second-order valence-electron chi connectivity index (χ2n) is 6.09. The Hall–Kier alpha value is -0.570. The third kappa shape index (κ3) is 3.05. The molecule has 0 bridgehead atoms. The molecule has 0 aromatic rings. The molecule has 2 rings (SSSR count). The van der Waals surface area contributed by atoms with Gasteiger partial charge in [0, 0.05) is 6.04 Å². The van der Waals surface area contributed by atoms with Crippen molar-refractivity contribution in [1.82, 2.24) is 10.2 Å². The molecule has 2 fully saturated rings. The zero-order valence-corrected chi connectivity index (χ0v) is 12.1. The van der Waals surface area contributed by atoms with Crippen LogP contribution in [-0.4, -0.2) is 29.1 Å². The van der Waals surface area contributed by atoms with Gasteiger partial charge in [-0.3, -0.25) is 10.1 Å². The number of hydrogen-bond acceptors (Lipinski definition) is 2. The van der Waals surface area contributed by atoms with E-state index in [1.54, 1.807) is 0 Å². The van der Waals surface area contributed by atoms with Crippen molar-refractivity contribution in [2.24, 2.45) is 5.92 Å². The lowest BCUT2D eigenvalue weighted by Crippen LogP contribution is -2.43. The molecular formula is C15H28N2O. The lowest BCUT2D eigenvalue weighted by molar-refractivity contribution is -0.132. The number of hydrogen-bond donors (Lipinski definition) is 1. The fourth-order valence-electron chi connectivity index (χ4n) is 3.18. The summed E-state index contributed by atoms with van der Waals surface area (Å²) in [4.78, 5) is 14.6. The van der Waals surface area contributed by atoms with Crippen LogP contribution >= 0.6 is 0 Å². The first kappa shape index (κ1) is 13.9. The lowest BCUT2D eigenvalue weighted by Gasteiger charge is -2.30. The van der Waals surface area contributed by atoms with Crippen molar-refractivity contribution in [2.45, 2.75) is 84.0 Å². The molecule has 2 aliphatic rings. The lowest BCUT2D eigenvalue weighted by atomic mass is 10.1. The summed E-state index contributed by atoms with van der Waals surface area (Å²) in [6.07, 6.45) is 8.50. The van der Waals surface area contributed by atoms with Gasteiger partial charge in [0.1, 0.15) is 0 Å². The van der Waals surface area contributed by atoms with Crippen LogP contribution in [0, 0.1) is 5.92 Å². The second kappa shape index (κ2) is 6.05. The van der Waals surface area contributed by atoms with Gasteiger partial charge in [0.15, 0.2) is 0 Å². The molecule has 1 amide bonds. The van der Waals surface area contributed by atoms with E-state index in [0.717, 1.165) is 31.6 Å². The molecule has 0 spiro atoms. The maximum atomic E-state index is 12.5. The van der Waals surface area contributed by atoms with Gasteiger partial charge in [-0.1, -0.05) is 39.5 Å². The largest absolute Gasteiger partial charge is 0.323 e. The molecule has 1 aliphatic carbocycles. The van der Waals surface area contributed by atoms with Gasteiger partial charge in [0.2, 0.25) is 5.91 Å². The highest BCUT2D eigenvalue weighted by atomic mass is 16.2. The summed E-state index contributed by atoms with van der Waals surface area (Å²) < 4.78 is 0. The van der Waals surface area contributed by atoms with Crippen LogP contribution < -0.4 is 5.32 Å². The average Bonchev–Trinajstić information content (AvgIpc) is 3.07. The van der Waals surface area contributed by atoms with Crippen LogP contribution in [0.4, 0.5) is 0 Å². The molecule has 3 nitrogen and oxygen atoms in total. The van der Waals surface area contributed by atoms with E-state index in [4.69, 9.17) is 0 Å². The first-order chi connectivity index (χ1) is 8.67. The fourth-order valence-corrected chi connectivity index (χ4v) is 3.18. The molecule has 3 atom stereocenters. The Morgan fingerprint density at radius 2 is 1.94 bits per heavy atom. The van der Waals surface area contributed by atoms with E-state index in [2.05, 4.69) is 31.0 Å². The molecule has 104 valence electrons. The average molecular weight is 252 g/mol. The third-order valence-corrected chi connectivity index (χ3v) is 4.27. The topological polar surface area (TPSA) is 32.3 Å². The van der Waals surface area contributed by atoms with Gasteiger partial charge in [0.25, 0.3) is 0 Å². The zero-order valence-electron chi connectivity index (χ0n) is 12.1. The first-order valence-electron chi connectivity index (χ1n) is 7.75. The van der Waals surface area contributed by atoms with E-state index in [1.807, 2.05) is 0 Å². The molecule has 1 heterocycles. The van der Waals surface area contributed by atoms with Crippen LogP contribution in [0.25, 0.3) is 0 Å². The summed E-state index contributed by atoms with van der Waals surface area (Å²) in [5.74, 6) is 1.24. The minimum absolute atomic E-state index is 0.0770. The van der Waals surface area contributed by atoms with Crippen molar-refractivity contribution in [3.63, 3.8) is 0 Å². The Morgan fingerprint density at radius 3 is 2.50 bits per heavy atom. The number of nitrogens with one attached hydrogen (secondary N) is 1. The minimum atomic E-state index is 0.0770. The highest BCUT2D eigenvalue weighted by Gasteiger charge is 2.41.